The quantitative estimate of drug-likeness (QED) is 0.788. The Balaban J connectivity index is 0.000001000. The van der Waals surface area contributed by atoms with Crippen LogP contribution < -0.4 is 10.2 Å². The average molecular weight is 324 g/mol. The summed E-state index contributed by atoms with van der Waals surface area (Å²) in [7, 11) is 1.93. The van der Waals surface area contributed by atoms with E-state index in [0.717, 1.165) is 50.8 Å². The Morgan fingerprint density at radius 2 is 2.10 bits per heavy atom. The number of aliphatic hydroxyl groups is 1. The third kappa shape index (κ3) is 3.03. The minimum atomic E-state index is -0.477. The first-order valence-corrected chi connectivity index (χ1v) is 6.64. The summed E-state index contributed by atoms with van der Waals surface area (Å²) in [6, 6.07) is 0. The van der Waals surface area contributed by atoms with Gasteiger partial charge in [-0.05, 0) is 26.3 Å². The van der Waals surface area contributed by atoms with Crippen LogP contribution in [0.5, 0.6) is 0 Å². The number of fused-ring (bicyclic) bond motifs is 1. The Hall–Kier alpha value is -0.560. The van der Waals surface area contributed by atoms with Crippen molar-refractivity contribution in [1.82, 2.24) is 20.1 Å². The van der Waals surface area contributed by atoms with Crippen molar-refractivity contribution in [3.05, 3.63) is 5.82 Å². The van der Waals surface area contributed by atoms with Gasteiger partial charge in [0.15, 0.2) is 0 Å². The smallest absolute Gasteiger partial charge is 0.223 e. The SMILES string of the molecule is Cc1nc(N2CC[C@@]3(O)CCNC[C@H]3C2)n(C)n1.Cl.Cl. The molecule has 0 spiro atoms. The number of aryl methyl sites for hydroxylation is 2. The van der Waals surface area contributed by atoms with E-state index in [-0.39, 0.29) is 30.7 Å². The maximum atomic E-state index is 10.6. The summed E-state index contributed by atoms with van der Waals surface area (Å²) >= 11 is 0. The van der Waals surface area contributed by atoms with Crippen molar-refractivity contribution in [2.75, 3.05) is 31.1 Å². The molecule has 20 heavy (non-hydrogen) atoms. The zero-order valence-corrected chi connectivity index (χ0v) is 13.5. The molecule has 1 aromatic rings. The second kappa shape index (κ2) is 6.47. The van der Waals surface area contributed by atoms with Crippen molar-refractivity contribution in [2.24, 2.45) is 13.0 Å². The first-order chi connectivity index (χ1) is 8.58. The number of nitrogens with zero attached hydrogens (tertiary/aromatic N) is 4. The molecule has 0 bridgehead atoms. The van der Waals surface area contributed by atoms with E-state index in [2.05, 4.69) is 20.3 Å². The predicted molar refractivity (Wildman–Crippen MR) is 83.0 cm³/mol. The lowest BCUT2D eigenvalue weighted by molar-refractivity contribution is -0.0541. The van der Waals surface area contributed by atoms with Crippen LogP contribution in [0.1, 0.15) is 18.7 Å². The molecule has 2 atom stereocenters. The van der Waals surface area contributed by atoms with E-state index in [0.29, 0.717) is 0 Å². The standard InChI is InChI=1S/C12H21N5O.2ClH/c1-9-14-11(16(2)15-9)17-6-4-12(18)3-5-13-7-10(12)8-17;;/h10,13,18H,3-8H2,1-2H3;2*1H/t10-,12-;;/m0../s1. The lowest BCUT2D eigenvalue weighted by Gasteiger charge is -2.47. The van der Waals surface area contributed by atoms with Gasteiger partial charge in [0.2, 0.25) is 5.95 Å². The molecule has 2 saturated heterocycles. The van der Waals surface area contributed by atoms with E-state index < -0.39 is 5.60 Å². The Kier molecular flexibility index (Phi) is 5.66. The van der Waals surface area contributed by atoms with Gasteiger partial charge in [0, 0.05) is 32.6 Å². The molecule has 0 unspecified atom stereocenters. The monoisotopic (exact) mass is 323 g/mol. The highest BCUT2D eigenvalue weighted by Gasteiger charge is 2.43. The summed E-state index contributed by atoms with van der Waals surface area (Å²) in [6.45, 7) is 5.44. The zero-order chi connectivity index (χ0) is 12.8. The van der Waals surface area contributed by atoms with Crippen molar-refractivity contribution in [3.63, 3.8) is 0 Å². The number of aromatic nitrogens is 3. The zero-order valence-electron chi connectivity index (χ0n) is 11.9. The summed E-state index contributed by atoms with van der Waals surface area (Å²) in [4.78, 5) is 6.71. The summed E-state index contributed by atoms with van der Waals surface area (Å²) in [5.74, 6) is 2.01. The average Bonchev–Trinajstić information content (AvgIpc) is 2.67. The van der Waals surface area contributed by atoms with Crippen molar-refractivity contribution in [3.8, 4) is 0 Å². The molecular formula is C12H23Cl2N5O. The topological polar surface area (TPSA) is 66.2 Å². The van der Waals surface area contributed by atoms with Gasteiger partial charge in [-0.3, -0.25) is 0 Å². The van der Waals surface area contributed by atoms with Crippen molar-refractivity contribution < 1.29 is 5.11 Å². The van der Waals surface area contributed by atoms with Crippen LogP contribution in [-0.4, -0.2) is 51.7 Å². The molecule has 0 aliphatic carbocycles. The Morgan fingerprint density at radius 1 is 1.35 bits per heavy atom. The van der Waals surface area contributed by atoms with E-state index >= 15 is 0 Å². The number of hydrogen-bond acceptors (Lipinski definition) is 5. The van der Waals surface area contributed by atoms with Gasteiger partial charge in [0.1, 0.15) is 5.82 Å². The molecule has 2 aliphatic rings. The van der Waals surface area contributed by atoms with Gasteiger partial charge in [-0.1, -0.05) is 0 Å². The van der Waals surface area contributed by atoms with E-state index in [4.69, 9.17) is 0 Å². The van der Waals surface area contributed by atoms with Gasteiger partial charge in [-0.25, -0.2) is 4.68 Å². The number of anilines is 1. The van der Waals surface area contributed by atoms with E-state index in [1.54, 1.807) is 0 Å². The number of nitrogens with one attached hydrogen (secondary N) is 1. The van der Waals surface area contributed by atoms with Crippen LogP contribution in [0, 0.1) is 12.8 Å². The molecule has 0 radical (unpaired) electrons. The van der Waals surface area contributed by atoms with Gasteiger partial charge in [-0.2, -0.15) is 10.1 Å². The van der Waals surface area contributed by atoms with Gasteiger partial charge in [-0.15, -0.1) is 24.8 Å². The minimum Gasteiger partial charge on any atom is -0.389 e. The summed E-state index contributed by atoms with van der Waals surface area (Å²) in [5, 5.41) is 18.3. The normalized spacial score (nSPS) is 29.1. The highest BCUT2D eigenvalue weighted by atomic mass is 35.5. The molecule has 116 valence electrons. The second-order valence-electron chi connectivity index (χ2n) is 5.53. The fourth-order valence-corrected chi connectivity index (χ4v) is 3.18. The van der Waals surface area contributed by atoms with Crippen LogP contribution in [0.3, 0.4) is 0 Å². The highest BCUT2D eigenvalue weighted by molar-refractivity contribution is 5.85. The first-order valence-electron chi connectivity index (χ1n) is 6.64. The molecule has 2 aliphatic heterocycles. The van der Waals surface area contributed by atoms with Crippen LogP contribution in [0.15, 0.2) is 0 Å². The van der Waals surface area contributed by atoms with E-state index in [1.165, 1.54) is 0 Å². The van der Waals surface area contributed by atoms with Crippen LogP contribution in [0.2, 0.25) is 0 Å². The summed E-state index contributed by atoms with van der Waals surface area (Å²) in [5.41, 5.74) is -0.477. The predicted octanol–water partition coefficient (Wildman–Crippen LogP) is 0.518. The Morgan fingerprint density at radius 3 is 2.75 bits per heavy atom. The second-order valence-corrected chi connectivity index (χ2v) is 5.53. The van der Waals surface area contributed by atoms with Crippen molar-refractivity contribution in [1.29, 1.82) is 0 Å². The molecule has 0 amide bonds. The first kappa shape index (κ1) is 17.5. The number of halogens is 2. The van der Waals surface area contributed by atoms with Crippen LogP contribution >= 0.6 is 24.8 Å². The van der Waals surface area contributed by atoms with Gasteiger partial charge >= 0.3 is 0 Å². The maximum Gasteiger partial charge on any atom is 0.223 e. The molecule has 0 saturated carbocycles. The minimum absolute atomic E-state index is 0. The molecule has 2 fully saturated rings. The molecule has 0 aromatic carbocycles. The fourth-order valence-electron chi connectivity index (χ4n) is 3.18. The third-order valence-electron chi connectivity index (χ3n) is 4.27. The van der Waals surface area contributed by atoms with Crippen molar-refractivity contribution >= 4 is 30.8 Å². The van der Waals surface area contributed by atoms with Crippen LogP contribution in [0.4, 0.5) is 5.95 Å². The molecule has 1 aromatic heterocycles. The van der Waals surface area contributed by atoms with Gasteiger partial charge in [0.25, 0.3) is 0 Å². The molecule has 3 heterocycles. The third-order valence-corrected chi connectivity index (χ3v) is 4.27. The van der Waals surface area contributed by atoms with Crippen LogP contribution in [-0.2, 0) is 7.05 Å². The van der Waals surface area contributed by atoms with E-state index in [1.807, 2.05) is 18.7 Å². The lowest BCUT2D eigenvalue weighted by atomic mass is 9.76. The molecule has 2 N–H and O–H groups in total. The van der Waals surface area contributed by atoms with Crippen molar-refractivity contribution in [2.45, 2.75) is 25.4 Å². The Bertz CT molecular complexity index is 455. The van der Waals surface area contributed by atoms with Crippen LogP contribution in [0.25, 0.3) is 0 Å². The number of hydrogen-bond donors (Lipinski definition) is 2. The van der Waals surface area contributed by atoms with Gasteiger partial charge in [0.05, 0.1) is 5.60 Å². The van der Waals surface area contributed by atoms with E-state index in [9.17, 15) is 5.11 Å². The summed E-state index contributed by atoms with van der Waals surface area (Å²) in [6.07, 6.45) is 1.69. The molecular weight excluding hydrogens is 301 g/mol. The highest BCUT2D eigenvalue weighted by Crippen LogP contribution is 2.34. The molecule has 8 heteroatoms. The Labute approximate surface area is 131 Å². The van der Waals surface area contributed by atoms with Gasteiger partial charge < -0.3 is 15.3 Å². The molecule has 6 nitrogen and oxygen atoms in total. The summed E-state index contributed by atoms with van der Waals surface area (Å²) < 4.78 is 1.83. The lowest BCUT2D eigenvalue weighted by Crippen LogP contribution is -2.59. The maximum absolute atomic E-state index is 10.6. The number of piperidine rings is 2. The fraction of sp³-hybridized carbons (Fsp3) is 0.833. The molecule has 3 rings (SSSR count). The number of rotatable bonds is 1. The largest absolute Gasteiger partial charge is 0.389 e.